The number of amides is 1. The molecule has 0 aliphatic heterocycles. The lowest BCUT2D eigenvalue weighted by atomic mass is 10.1. The molecule has 1 heterocycles. The van der Waals surface area contributed by atoms with E-state index in [0.29, 0.717) is 0 Å². The first-order valence-electron chi connectivity index (χ1n) is 7.74. The van der Waals surface area contributed by atoms with Gasteiger partial charge in [0, 0.05) is 11.6 Å². The molecular weight excluding hydrogens is 364 g/mol. The number of ether oxygens (including phenoxy) is 1. The Kier molecular flexibility index (Phi) is 5.35. The number of hydrogen-bond donors (Lipinski definition) is 1. The minimum atomic E-state index is -1.14. The van der Waals surface area contributed by atoms with E-state index in [1.54, 1.807) is 0 Å². The van der Waals surface area contributed by atoms with Crippen molar-refractivity contribution in [1.82, 2.24) is 4.98 Å². The molecule has 0 radical (unpaired) electrons. The van der Waals surface area contributed by atoms with Crippen LogP contribution in [0.5, 0.6) is 11.6 Å². The van der Waals surface area contributed by atoms with Crippen molar-refractivity contribution in [2.45, 2.75) is 6.42 Å². The van der Waals surface area contributed by atoms with Crippen LogP contribution in [0.4, 0.5) is 23.2 Å². The Bertz CT molecular complexity index is 978. The third-order valence-electron chi connectivity index (χ3n) is 3.51. The van der Waals surface area contributed by atoms with E-state index in [1.807, 2.05) is 0 Å². The van der Waals surface area contributed by atoms with Crippen LogP contribution in [0.1, 0.15) is 5.56 Å². The van der Waals surface area contributed by atoms with Gasteiger partial charge < -0.3 is 10.1 Å². The molecule has 3 aromatic rings. The molecule has 0 aliphatic rings. The molecule has 0 bridgehead atoms. The van der Waals surface area contributed by atoms with Gasteiger partial charge in [-0.05, 0) is 36.4 Å². The number of carbonyl (C=O) groups is 1. The van der Waals surface area contributed by atoms with Gasteiger partial charge in [-0.3, -0.25) is 4.79 Å². The summed E-state index contributed by atoms with van der Waals surface area (Å²) in [5, 5.41) is 2.47. The molecule has 3 rings (SSSR count). The van der Waals surface area contributed by atoms with Crippen LogP contribution < -0.4 is 10.1 Å². The van der Waals surface area contributed by atoms with Crippen molar-refractivity contribution in [2.75, 3.05) is 5.32 Å². The van der Waals surface area contributed by atoms with E-state index in [-0.39, 0.29) is 29.3 Å². The Morgan fingerprint density at radius 3 is 2.56 bits per heavy atom. The van der Waals surface area contributed by atoms with Crippen LogP contribution in [0.25, 0.3) is 0 Å². The van der Waals surface area contributed by atoms with Gasteiger partial charge in [-0.25, -0.2) is 18.2 Å². The molecule has 4 nitrogen and oxygen atoms in total. The van der Waals surface area contributed by atoms with Crippen molar-refractivity contribution in [1.29, 1.82) is 0 Å². The standard InChI is InChI=1S/C19H12F4N2O2/c20-12-4-6-14(21)11(8-12)9-17(26)25-13-5-7-18(24-10-13)27-16-3-1-2-15(22)19(16)23/h1-8,10H,9H2,(H,25,26). The Morgan fingerprint density at radius 2 is 1.81 bits per heavy atom. The highest BCUT2D eigenvalue weighted by Gasteiger charge is 2.12. The Balaban J connectivity index is 1.64. The highest BCUT2D eigenvalue weighted by molar-refractivity contribution is 5.92. The van der Waals surface area contributed by atoms with E-state index in [1.165, 1.54) is 30.5 Å². The van der Waals surface area contributed by atoms with Crippen LogP contribution in [0, 0.1) is 23.3 Å². The number of halogens is 4. The van der Waals surface area contributed by atoms with E-state index in [2.05, 4.69) is 10.3 Å². The maximum atomic E-state index is 13.6. The van der Waals surface area contributed by atoms with Crippen LogP contribution in [0.2, 0.25) is 0 Å². The van der Waals surface area contributed by atoms with E-state index in [4.69, 9.17) is 4.74 Å². The van der Waals surface area contributed by atoms with Crippen molar-refractivity contribution < 1.29 is 27.1 Å². The lowest BCUT2D eigenvalue weighted by molar-refractivity contribution is -0.115. The molecule has 2 aromatic carbocycles. The fourth-order valence-electron chi connectivity index (χ4n) is 2.25. The van der Waals surface area contributed by atoms with Gasteiger partial charge >= 0.3 is 0 Å². The fourth-order valence-corrected chi connectivity index (χ4v) is 2.25. The van der Waals surface area contributed by atoms with Crippen molar-refractivity contribution in [3.63, 3.8) is 0 Å². The van der Waals surface area contributed by atoms with Gasteiger partial charge in [0.2, 0.25) is 17.6 Å². The summed E-state index contributed by atoms with van der Waals surface area (Å²) in [7, 11) is 0. The molecule has 1 amide bonds. The summed E-state index contributed by atoms with van der Waals surface area (Å²) >= 11 is 0. The first-order chi connectivity index (χ1) is 12.9. The minimum absolute atomic E-state index is 0.0197. The van der Waals surface area contributed by atoms with Crippen LogP contribution in [0.3, 0.4) is 0 Å². The number of rotatable bonds is 5. The van der Waals surface area contributed by atoms with Crippen LogP contribution >= 0.6 is 0 Å². The molecular formula is C19H12F4N2O2. The molecule has 0 atom stereocenters. The quantitative estimate of drug-likeness (QED) is 0.662. The average molecular weight is 376 g/mol. The summed E-state index contributed by atoms with van der Waals surface area (Å²) in [4.78, 5) is 15.8. The number of hydrogen-bond acceptors (Lipinski definition) is 3. The maximum absolute atomic E-state index is 13.6. The minimum Gasteiger partial charge on any atom is -0.436 e. The zero-order valence-electron chi connectivity index (χ0n) is 13.7. The van der Waals surface area contributed by atoms with Gasteiger partial charge in [-0.1, -0.05) is 6.07 Å². The summed E-state index contributed by atoms with van der Waals surface area (Å²) in [6.07, 6.45) is 0.864. The second-order valence-electron chi connectivity index (χ2n) is 5.50. The van der Waals surface area contributed by atoms with E-state index in [9.17, 15) is 22.4 Å². The monoisotopic (exact) mass is 376 g/mol. The Hall–Kier alpha value is -3.42. The molecule has 0 unspecified atom stereocenters. The summed E-state index contributed by atoms with van der Waals surface area (Å²) in [5.74, 6) is -4.46. The van der Waals surface area contributed by atoms with E-state index in [0.717, 1.165) is 24.3 Å². The fraction of sp³-hybridized carbons (Fsp3) is 0.0526. The predicted molar refractivity (Wildman–Crippen MR) is 89.4 cm³/mol. The van der Waals surface area contributed by atoms with Crippen molar-refractivity contribution in [2.24, 2.45) is 0 Å². The summed E-state index contributed by atoms with van der Waals surface area (Å²) in [6, 6.07) is 9.07. The third kappa shape index (κ3) is 4.60. The van der Waals surface area contributed by atoms with Gasteiger partial charge in [-0.2, -0.15) is 4.39 Å². The summed E-state index contributed by atoms with van der Waals surface area (Å²) in [5.41, 5.74) is 0.186. The number of carbonyl (C=O) groups excluding carboxylic acids is 1. The van der Waals surface area contributed by atoms with Gasteiger partial charge in [0.25, 0.3) is 0 Å². The number of nitrogens with one attached hydrogen (secondary N) is 1. The lowest BCUT2D eigenvalue weighted by Crippen LogP contribution is -2.15. The van der Waals surface area contributed by atoms with Crippen molar-refractivity contribution in [3.8, 4) is 11.6 Å². The second kappa shape index (κ2) is 7.86. The SMILES string of the molecule is O=C(Cc1cc(F)ccc1F)Nc1ccc(Oc2cccc(F)c2F)nc1. The molecule has 8 heteroatoms. The molecule has 0 fully saturated rings. The van der Waals surface area contributed by atoms with E-state index >= 15 is 0 Å². The largest absolute Gasteiger partial charge is 0.436 e. The Labute approximate surface area is 151 Å². The van der Waals surface area contributed by atoms with Gasteiger partial charge in [0.15, 0.2) is 11.6 Å². The molecule has 1 aromatic heterocycles. The van der Waals surface area contributed by atoms with Crippen LogP contribution in [0.15, 0.2) is 54.7 Å². The number of anilines is 1. The number of aromatic nitrogens is 1. The first kappa shape index (κ1) is 18.4. The van der Waals surface area contributed by atoms with Gasteiger partial charge in [-0.15, -0.1) is 0 Å². The smallest absolute Gasteiger partial charge is 0.228 e. The highest BCUT2D eigenvalue weighted by Crippen LogP contribution is 2.25. The second-order valence-corrected chi connectivity index (χ2v) is 5.50. The number of nitrogens with zero attached hydrogens (tertiary/aromatic N) is 1. The van der Waals surface area contributed by atoms with Crippen LogP contribution in [-0.2, 0) is 11.2 Å². The zero-order valence-corrected chi connectivity index (χ0v) is 13.7. The first-order valence-corrected chi connectivity index (χ1v) is 7.74. The molecule has 0 aliphatic carbocycles. The molecule has 27 heavy (non-hydrogen) atoms. The molecule has 1 N–H and O–H groups in total. The van der Waals surface area contributed by atoms with Crippen molar-refractivity contribution >= 4 is 11.6 Å². The molecule has 138 valence electrons. The summed E-state index contributed by atoms with van der Waals surface area (Å²) < 4.78 is 58.5. The maximum Gasteiger partial charge on any atom is 0.228 e. The van der Waals surface area contributed by atoms with Gasteiger partial charge in [0.05, 0.1) is 18.3 Å². The van der Waals surface area contributed by atoms with Crippen molar-refractivity contribution in [3.05, 3.63) is 83.6 Å². The van der Waals surface area contributed by atoms with Gasteiger partial charge in [0.1, 0.15) is 11.6 Å². The Morgan fingerprint density at radius 1 is 1.00 bits per heavy atom. The summed E-state index contributed by atoms with van der Waals surface area (Å²) in [6.45, 7) is 0. The lowest BCUT2D eigenvalue weighted by Gasteiger charge is -2.08. The average Bonchev–Trinajstić information content (AvgIpc) is 2.63. The van der Waals surface area contributed by atoms with E-state index < -0.39 is 29.2 Å². The highest BCUT2D eigenvalue weighted by atomic mass is 19.2. The topological polar surface area (TPSA) is 51.2 Å². The zero-order chi connectivity index (χ0) is 19.4. The predicted octanol–water partition coefficient (Wildman–Crippen LogP) is 4.61. The normalized spacial score (nSPS) is 10.5. The molecule has 0 saturated heterocycles. The molecule has 0 spiro atoms. The number of benzene rings is 2. The molecule has 0 saturated carbocycles. The number of pyridine rings is 1. The van der Waals surface area contributed by atoms with Crippen LogP contribution in [-0.4, -0.2) is 10.9 Å². The third-order valence-corrected chi connectivity index (χ3v) is 3.51.